The van der Waals surface area contributed by atoms with Gasteiger partial charge in [0, 0.05) is 12.1 Å². The fraction of sp³-hybridized carbons (Fsp3) is 0.143. The Morgan fingerprint density at radius 1 is 1.10 bits per heavy atom. The Kier molecular flexibility index (Phi) is 4.24. The van der Waals surface area contributed by atoms with Crippen LogP contribution >= 0.6 is 0 Å². The lowest BCUT2D eigenvalue weighted by molar-refractivity contribution is 0.594. The van der Waals surface area contributed by atoms with Crippen LogP contribution in [0.4, 0.5) is 14.5 Å². The molecular weight excluding hydrogens is 298 g/mol. The van der Waals surface area contributed by atoms with E-state index in [4.69, 9.17) is 5.73 Å². The zero-order valence-corrected chi connectivity index (χ0v) is 12.0. The third-order valence-electron chi connectivity index (χ3n) is 2.91. The molecule has 112 valence electrons. The molecule has 0 atom stereocenters. The van der Waals surface area contributed by atoms with Crippen molar-refractivity contribution in [3.63, 3.8) is 0 Å². The molecule has 0 amide bonds. The summed E-state index contributed by atoms with van der Waals surface area (Å²) in [5.74, 6) is -1.27. The fourth-order valence-corrected chi connectivity index (χ4v) is 2.90. The van der Waals surface area contributed by atoms with Gasteiger partial charge in [-0.05, 0) is 42.8 Å². The average Bonchev–Trinajstić information content (AvgIpc) is 2.43. The molecule has 0 aliphatic carbocycles. The fourth-order valence-electron chi connectivity index (χ4n) is 1.80. The Balaban J connectivity index is 2.41. The third-order valence-corrected chi connectivity index (χ3v) is 4.28. The standard InChI is InChI=1S/C14H14F2N2O2S/c1-9-2-4-13(16)14(6-9)18-21(19,20)11-3-5-12(15)10(7-11)8-17/h2-7,18H,8,17H2,1H3. The summed E-state index contributed by atoms with van der Waals surface area (Å²) in [6, 6.07) is 7.32. The van der Waals surface area contributed by atoms with E-state index in [0.29, 0.717) is 5.56 Å². The molecule has 0 fully saturated rings. The number of halogens is 2. The molecule has 0 aliphatic heterocycles. The van der Waals surface area contributed by atoms with Crippen LogP contribution < -0.4 is 10.5 Å². The summed E-state index contributed by atoms with van der Waals surface area (Å²) < 4.78 is 53.5. The first-order chi connectivity index (χ1) is 9.83. The number of anilines is 1. The smallest absolute Gasteiger partial charge is 0.262 e. The van der Waals surface area contributed by atoms with Crippen LogP contribution in [0.1, 0.15) is 11.1 Å². The highest BCUT2D eigenvalue weighted by atomic mass is 32.2. The van der Waals surface area contributed by atoms with Crippen LogP contribution in [-0.4, -0.2) is 8.42 Å². The summed E-state index contributed by atoms with van der Waals surface area (Å²) in [6.45, 7) is 1.58. The van der Waals surface area contributed by atoms with Crippen molar-refractivity contribution in [1.29, 1.82) is 0 Å². The van der Waals surface area contributed by atoms with Crippen LogP contribution in [0.2, 0.25) is 0 Å². The highest BCUT2D eigenvalue weighted by Gasteiger charge is 2.18. The molecule has 0 bridgehead atoms. The van der Waals surface area contributed by atoms with Crippen LogP contribution in [0.5, 0.6) is 0 Å². The first-order valence-electron chi connectivity index (χ1n) is 6.11. The summed E-state index contributed by atoms with van der Waals surface area (Å²) in [5.41, 5.74) is 5.96. The Morgan fingerprint density at radius 2 is 1.76 bits per heavy atom. The van der Waals surface area contributed by atoms with Crippen molar-refractivity contribution >= 4 is 15.7 Å². The molecule has 2 aromatic carbocycles. The lowest BCUT2D eigenvalue weighted by Crippen LogP contribution is -2.15. The maximum atomic E-state index is 13.6. The first-order valence-corrected chi connectivity index (χ1v) is 7.59. The Morgan fingerprint density at radius 3 is 2.43 bits per heavy atom. The average molecular weight is 312 g/mol. The SMILES string of the molecule is Cc1ccc(F)c(NS(=O)(=O)c2ccc(F)c(CN)c2)c1. The number of benzene rings is 2. The van der Waals surface area contributed by atoms with Gasteiger partial charge in [0.1, 0.15) is 11.6 Å². The zero-order valence-electron chi connectivity index (χ0n) is 11.2. The summed E-state index contributed by atoms with van der Waals surface area (Å²) in [4.78, 5) is -0.176. The van der Waals surface area contributed by atoms with Crippen molar-refractivity contribution in [2.45, 2.75) is 18.4 Å². The quantitative estimate of drug-likeness (QED) is 0.911. The Hall–Kier alpha value is -1.99. The van der Waals surface area contributed by atoms with Gasteiger partial charge in [-0.1, -0.05) is 6.07 Å². The van der Waals surface area contributed by atoms with E-state index < -0.39 is 21.7 Å². The molecule has 7 heteroatoms. The summed E-state index contributed by atoms with van der Waals surface area (Å²) in [5, 5.41) is 0. The minimum Gasteiger partial charge on any atom is -0.326 e. The van der Waals surface area contributed by atoms with E-state index in [9.17, 15) is 17.2 Å². The van der Waals surface area contributed by atoms with Gasteiger partial charge in [-0.25, -0.2) is 17.2 Å². The van der Waals surface area contributed by atoms with Crippen molar-refractivity contribution < 1.29 is 17.2 Å². The molecule has 0 aromatic heterocycles. The van der Waals surface area contributed by atoms with E-state index in [2.05, 4.69) is 4.72 Å². The highest BCUT2D eigenvalue weighted by molar-refractivity contribution is 7.92. The highest BCUT2D eigenvalue weighted by Crippen LogP contribution is 2.21. The van der Waals surface area contributed by atoms with Gasteiger partial charge < -0.3 is 5.73 Å². The number of aryl methyl sites for hydroxylation is 1. The van der Waals surface area contributed by atoms with Crippen molar-refractivity contribution in [3.8, 4) is 0 Å². The number of hydrogen-bond acceptors (Lipinski definition) is 3. The number of rotatable bonds is 4. The predicted molar refractivity (Wildman–Crippen MR) is 76.2 cm³/mol. The van der Waals surface area contributed by atoms with Gasteiger partial charge in [-0.2, -0.15) is 0 Å². The van der Waals surface area contributed by atoms with Crippen molar-refractivity contribution in [2.24, 2.45) is 5.73 Å². The summed E-state index contributed by atoms with van der Waals surface area (Å²) in [6.07, 6.45) is 0. The molecule has 0 saturated carbocycles. The molecule has 0 aliphatic rings. The topological polar surface area (TPSA) is 72.2 Å². The van der Waals surface area contributed by atoms with E-state index in [1.807, 2.05) is 0 Å². The summed E-state index contributed by atoms with van der Waals surface area (Å²) >= 11 is 0. The van der Waals surface area contributed by atoms with Crippen LogP contribution in [0.15, 0.2) is 41.3 Å². The van der Waals surface area contributed by atoms with Gasteiger partial charge in [-0.3, -0.25) is 4.72 Å². The van der Waals surface area contributed by atoms with E-state index >= 15 is 0 Å². The summed E-state index contributed by atoms with van der Waals surface area (Å²) in [7, 11) is -4.01. The maximum Gasteiger partial charge on any atom is 0.262 e. The normalized spacial score (nSPS) is 11.4. The molecule has 0 spiro atoms. The van der Waals surface area contributed by atoms with Crippen LogP contribution in [0.3, 0.4) is 0 Å². The second-order valence-electron chi connectivity index (χ2n) is 4.55. The Bertz CT molecular complexity index is 777. The molecule has 0 radical (unpaired) electrons. The Labute approximate surface area is 121 Å². The van der Waals surface area contributed by atoms with E-state index in [0.717, 1.165) is 18.2 Å². The molecule has 0 saturated heterocycles. The maximum absolute atomic E-state index is 13.6. The van der Waals surface area contributed by atoms with Crippen molar-refractivity contribution in [3.05, 3.63) is 59.2 Å². The molecular formula is C14H14F2N2O2S. The van der Waals surface area contributed by atoms with E-state index in [1.165, 1.54) is 18.2 Å². The van der Waals surface area contributed by atoms with E-state index in [1.54, 1.807) is 6.92 Å². The van der Waals surface area contributed by atoms with Gasteiger partial charge in [-0.15, -0.1) is 0 Å². The van der Waals surface area contributed by atoms with Gasteiger partial charge in [0.2, 0.25) is 0 Å². The van der Waals surface area contributed by atoms with Crippen molar-refractivity contribution in [2.75, 3.05) is 4.72 Å². The largest absolute Gasteiger partial charge is 0.326 e. The monoisotopic (exact) mass is 312 g/mol. The molecule has 0 unspecified atom stereocenters. The number of nitrogens with two attached hydrogens (primary N) is 1. The molecule has 4 nitrogen and oxygen atoms in total. The molecule has 2 aromatic rings. The lowest BCUT2D eigenvalue weighted by atomic mass is 10.2. The molecule has 0 heterocycles. The third kappa shape index (κ3) is 3.37. The number of nitrogens with one attached hydrogen (secondary N) is 1. The van der Waals surface area contributed by atoms with Crippen LogP contribution in [-0.2, 0) is 16.6 Å². The molecule has 2 rings (SSSR count). The van der Waals surface area contributed by atoms with Gasteiger partial charge in [0.05, 0.1) is 10.6 Å². The van der Waals surface area contributed by atoms with E-state index in [-0.39, 0.29) is 22.7 Å². The van der Waals surface area contributed by atoms with Gasteiger partial charge in [0.25, 0.3) is 10.0 Å². The van der Waals surface area contributed by atoms with Gasteiger partial charge in [0.15, 0.2) is 0 Å². The number of sulfonamides is 1. The number of hydrogen-bond donors (Lipinski definition) is 2. The predicted octanol–water partition coefficient (Wildman–Crippen LogP) is 2.53. The van der Waals surface area contributed by atoms with Crippen molar-refractivity contribution in [1.82, 2.24) is 0 Å². The lowest BCUT2D eigenvalue weighted by Gasteiger charge is -2.11. The second kappa shape index (κ2) is 5.79. The van der Waals surface area contributed by atoms with Crippen LogP contribution in [0, 0.1) is 18.6 Å². The first kappa shape index (κ1) is 15.4. The molecule has 21 heavy (non-hydrogen) atoms. The zero-order chi connectivity index (χ0) is 15.6. The minimum atomic E-state index is -4.01. The second-order valence-corrected chi connectivity index (χ2v) is 6.23. The minimum absolute atomic E-state index is 0.0718. The van der Waals surface area contributed by atoms with Crippen LogP contribution in [0.25, 0.3) is 0 Å². The van der Waals surface area contributed by atoms with Gasteiger partial charge >= 0.3 is 0 Å². The molecule has 3 N–H and O–H groups in total.